The minimum atomic E-state index is -0.109. The fourth-order valence-electron chi connectivity index (χ4n) is 3.69. The minimum absolute atomic E-state index is 0.0124. The molecular weight excluding hydrogens is 424 g/mol. The second-order valence-electron chi connectivity index (χ2n) is 8.86. The first-order chi connectivity index (χ1) is 15.3. The van der Waals surface area contributed by atoms with Crippen LogP contribution in [0.25, 0.3) is 26.7 Å². The molecule has 1 aromatic carbocycles. The second kappa shape index (κ2) is 8.84. The number of aliphatic hydroxyl groups is 1. The van der Waals surface area contributed by atoms with Crippen LogP contribution in [0.2, 0.25) is 0 Å². The lowest BCUT2D eigenvalue weighted by atomic mass is 9.97. The predicted octanol–water partition coefficient (Wildman–Crippen LogP) is 4.98. The van der Waals surface area contributed by atoms with Crippen LogP contribution in [-0.4, -0.2) is 42.3 Å². The van der Waals surface area contributed by atoms with Crippen molar-refractivity contribution in [3.63, 3.8) is 0 Å². The normalized spacial score (nSPS) is 11.8. The highest BCUT2D eigenvalue weighted by Gasteiger charge is 2.21. The lowest BCUT2D eigenvalue weighted by molar-refractivity contribution is 0.0933. The van der Waals surface area contributed by atoms with Crippen molar-refractivity contribution in [3.05, 3.63) is 53.7 Å². The number of ether oxygens (including phenoxy) is 2. The van der Waals surface area contributed by atoms with Gasteiger partial charge in [0.05, 0.1) is 19.2 Å². The van der Waals surface area contributed by atoms with Crippen molar-refractivity contribution in [1.29, 1.82) is 0 Å². The number of methoxy groups -OCH3 is 1. The van der Waals surface area contributed by atoms with E-state index in [4.69, 9.17) is 9.47 Å². The molecule has 0 fully saturated rings. The van der Waals surface area contributed by atoms with Crippen molar-refractivity contribution < 1.29 is 19.4 Å². The van der Waals surface area contributed by atoms with Crippen LogP contribution >= 0.6 is 11.3 Å². The van der Waals surface area contributed by atoms with Crippen LogP contribution in [0.3, 0.4) is 0 Å². The highest BCUT2D eigenvalue weighted by molar-refractivity contribution is 7.13. The van der Waals surface area contributed by atoms with Gasteiger partial charge in [0.25, 0.3) is 5.91 Å². The van der Waals surface area contributed by atoms with Gasteiger partial charge >= 0.3 is 0 Å². The van der Waals surface area contributed by atoms with Crippen molar-refractivity contribution in [1.82, 2.24) is 9.72 Å². The molecule has 3 heterocycles. The number of rotatable bonds is 7. The molecule has 0 unspecified atom stereocenters. The molecule has 1 amide bonds. The van der Waals surface area contributed by atoms with Gasteiger partial charge in [-0.2, -0.15) is 0 Å². The molecule has 0 atom stereocenters. The zero-order valence-corrected chi connectivity index (χ0v) is 19.6. The first-order valence-electron chi connectivity index (χ1n) is 10.5. The number of hydrogen-bond donors (Lipinski definition) is 2. The average Bonchev–Trinajstić information content (AvgIpc) is 3.42. The van der Waals surface area contributed by atoms with Gasteiger partial charge in [-0.25, -0.2) is 0 Å². The molecule has 0 aliphatic rings. The minimum Gasteiger partial charge on any atom is -0.493 e. The van der Waals surface area contributed by atoms with Gasteiger partial charge in [-0.1, -0.05) is 26.8 Å². The van der Waals surface area contributed by atoms with Crippen molar-refractivity contribution in [2.45, 2.75) is 20.8 Å². The average molecular weight is 453 g/mol. The Morgan fingerprint density at radius 2 is 2.00 bits per heavy atom. The van der Waals surface area contributed by atoms with Gasteiger partial charge in [0.15, 0.2) is 11.5 Å². The SMILES string of the molecule is COc1cc2ccn3c(C(=O)NCC(C)(C)C)cc(-c4cccs4)c3c2cc1OCCO. The Kier molecular flexibility index (Phi) is 6.13. The Hall–Kier alpha value is -3.03. The molecule has 3 aromatic heterocycles. The summed E-state index contributed by atoms with van der Waals surface area (Å²) in [7, 11) is 1.59. The van der Waals surface area contributed by atoms with E-state index in [1.165, 1.54) is 0 Å². The lowest BCUT2D eigenvalue weighted by Gasteiger charge is -2.18. The number of hydrogen-bond acceptors (Lipinski definition) is 5. The van der Waals surface area contributed by atoms with E-state index >= 15 is 0 Å². The van der Waals surface area contributed by atoms with Crippen LogP contribution in [0.4, 0.5) is 0 Å². The van der Waals surface area contributed by atoms with E-state index in [-0.39, 0.29) is 24.5 Å². The number of fused-ring (bicyclic) bond motifs is 3. The third kappa shape index (κ3) is 4.31. The molecule has 6 nitrogen and oxygen atoms in total. The topological polar surface area (TPSA) is 72.2 Å². The van der Waals surface area contributed by atoms with Gasteiger partial charge < -0.3 is 24.3 Å². The van der Waals surface area contributed by atoms with E-state index < -0.39 is 0 Å². The van der Waals surface area contributed by atoms with Crippen LogP contribution in [0.5, 0.6) is 11.5 Å². The number of nitrogens with zero attached hydrogens (tertiary/aromatic N) is 1. The fraction of sp³-hybridized carbons (Fsp3) is 0.320. The Bertz CT molecular complexity index is 1250. The molecule has 0 aliphatic heterocycles. The van der Waals surface area contributed by atoms with E-state index in [1.807, 2.05) is 46.3 Å². The van der Waals surface area contributed by atoms with E-state index in [2.05, 4.69) is 32.2 Å². The quantitative estimate of drug-likeness (QED) is 0.415. The maximum absolute atomic E-state index is 13.1. The number of nitrogens with one attached hydrogen (secondary N) is 1. The van der Waals surface area contributed by atoms with Crippen molar-refractivity contribution >= 4 is 33.5 Å². The first kappa shape index (κ1) is 22.2. The second-order valence-corrected chi connectivity index (χ2v) is 9.81. The molecule has 0 aliphatic carbocycles. The Morgan fingerprint density at radius 3 is 2.66 bits per heavy atom. The Labute approximate surface area is 191 Å². The summed E-state index contributed by atoms with van der Waals surface area (Å²) in [6.45, 7) is 6.94. The first-order valence-corrected chi connectivity index (χ1v) is 11.4. The van der Waals surface area contributed by atoms with E-state index in [9.17, 15) is 9.90 Å². The summed E-state index contributed by atoms with van der Waals surface area (Å²) >= 11 is 1.63. The zero-order chi connectivity index (χ0) is 22.9. The summed E-state index contributed by atoms with van der Waals surface area (Å²) in [5.41, 5.74) is 2.50. The van der Waals surface area contributed by atoms with Crippen LogP contribution < -0.4 is 14.8 Å². The molecule has 0 spiro atoms. The molecule has 7 heteroatoms. The van der Waals surface area contributed by atoms with Gasteiger partial charge in [-0.3, -0.25) is 4.79 Å². The fourth-order valence-corrected chi connectivity index (χ4v) is 4.43. The monoisotopic (exact) mass is 452 g/mol. The number of amides is 1. The number of carbonyl (C=O) groups excluding carboxylic acids is 1. The van der Waals surface area contributed by atoms with Gasteiger partial charge in [-0.15, -0.1) is 11.3 Å². The maximum Gasteiger partial charge on any atom is 0.268 e. The van der Waals surface area contributed by atoms with Crippen LogP contribution in [0.15, 0.2) is 48.0 Å². The van der Waals surface area contributed by atoms with Crippen LogP contribution in [0, 0.1) is 5.41 Å². The molecule has 2 N–H and O–H groups in total. The van der Waals surface area contributed by atoms with Crippen molar-refractivity contribution in [2.75, 3.05) is 26.9 Å². The van der Waals surface area contributed by atoms with Gasteiger partial charge in [0, 0.05) is 28.6 Å². The Balaban J connectivity index is 1.94. The molecule has 32 heavy (non-hydrogen) atoms. The third-order valence-electron chi connectivity index (χ3n) is 5.18. The van der Waals surface area contributed by atoms with E-state index in [0.29, 0.717) is 23.7 Å². The maximum atomic E-state index is 13.1. The Morgan fingerprint density at radius 1 is 1.19 bits per heavy atom. The smallest absolute Gasteiger partial charge is 0.268 e. The van der Waals surface area contributed by atoms with Crippen molar-refractivity contribution in [3.8, 4) is 21.9 Å². The number of thiophene rings is 1. The summed E-state index contributed by atoms with van der Waals surface area (Å²) in [4.78, 5) is 14.2. The number of pyridine rings is 1. The van der Waals surface area contributed by atoms with Crippen molar-refractivity contribution in [2.24, 2.45) is 5.41 Å². The summed E-state index contributed by atoms with van der Waals surface area (Å²) < 4.78 is 13.2. The molecular formula is C25H28N2O4S. The molecule has 0 radical (unpaired) electrons. The summed E-state index contributed by atoms with van der Waals surface area (Å²) in [6, 6.07) is 11.8. The van der Waals surface area contributed by atoms with E-state index in [0.717, 1.165) is 26.7 Å². The summed E-state index contributed by atoms with van der Waals surface area (Å²) in [5.74, 6) is 1.05. The molecule has 4 rings (SSSR count). The molecule has 0 bridgehead atoms. The summed E-state index contributed by atoms with van der Waals surface area (Å²) in [6.07, 6.45) is 1.93. The molecule has 168 valence electrons. The number of aliphatic hydroxyl groups excluding tert-OH is 1. The molecule has 0 saturated heterocycles. The zero-order valence-electron chi connectivity index (χ0n) is 18.8. The standard InChI is InChI=1S/C25H28N2O4S/c1-25(2,3)15-26-24(29)19-13-18(22-6-5-11-32-22)23-17-14-21(31-10-9-28)20(30-4)12-16(17)7-8-27(19)23/h5-8,11-14,28H,9-10,15H2,1-4H3,(H,26,29). The highest BCUT2D eigenvalue weighted by atomic mass is 32.1. The van der Waals surface area contributed by atoms with Gasteiger partial charge in [0.1, 0.15) is 12.3 Å². The number of benzene rings is 1. The third-order valence-corrected chi connectivity index (χ3v) is 6.08. The van der Waals surface area contributed by atoms with Gasteiger partial charge in [0.2, 0.25) is 0 Å². The molecule has 0 saturated carbocycles. The number of aromatic nitrogens is 1. The largest absolute Gasteiger partial charge is 0.493 e. The number of carbonyl (C=O) groups is 1. The van der Waals surface area contributed by atoms with Crippen LogP contribution in [-0.2, 0) is 0 Å². The van der Waals surface area contributed by atoms with Crippen LogP contribution in [0.1, 0.15) is 31.3 Å². The lowest BCUT2D eigenvalue weighted by Crippen LogP contribution is -2.32. The predicted molar refractivity (Wildman–Crippen MR) is 129 cm³/mol. The molecule has 4 aromatic rings. The van der Waals surface area contributed by atoms with E-state index in [1.54, 1.807) is 18.4 Å². The summed E-state index contributed by atoms with van der Waals surface area (Å²) in [5, 5.41) is 16.2. The van der Waals surface area contributed by atoms with Gasteiger partial charge in [-0.05, 0) is 46.5 Å². The highest BCUT2D eigenvalue weighted by Crippen LogP contribution is 2.39.